The van der Waals surface area contributed by atoms with Crippen LogP contribution in [0.2, 0.25) is 0 Å². The highest BCUT2D eigenvalue weighted by atomic mass is 19.4. The van der Waals surface area contributed by atoms with Crippen LogP contribution in [-0.4, -0.2) is 68.0 Å². The summed E-state index contributed by atoms with van der Waals surface area (Å²) in [5.74, 6) is -2.80. The summed E-state index contributed by atoms with van der Waals surface area (Å²) in [4.78, 5) is 26.8. The van der Waals surface area contributed by atoms with Gasteiger partial charge in [0.15, 0.2) is 0 Å². The summed E-state index contributed by atoms with van der Waals surface area (Å²) >= 11 is 0. The van der Waals surface area contributed by atoms with Gasteiger partial charge in [0.1, 0.15) is 29.0 Å². The molecule has 37 heavy (non-hydrogen) atoms. The van der Waals surface area contributed by atoms with E-state index in [1.165, 1.54) is 26.6 Å². The number of amides is 1. The topological polar surface area (TPSA) is 112 Å². The van der Waals surface area contributed by atoms with E-state index >= 15 is 0 Å². The van der Waals surface area contributed by atoms with E-state index in [1.54, 1.807) is 17.9 Å². The number of methoxy groups -OCH3 is 1. The minimum Gasteiger partial charge on any atom is -0.495 e. The molecule has 0 aliphatic carbocycles. The third kappa shape index (κ3) is 3.70. The molecule has 4 heterocycles. The Hall–Kier alpha value is -4.06. The third-order valence-electron chi connectivity index (χ3n) is 6.95. The number of nitrogens with two attached hydrogens (primary N) is 1. The molecule has 12 heteroatoms. The van der Waals surface area contributed by atoms with Gasteiger partial charge in [-0.15, -0.1) is 0 Å². The fourth-order valence-corrected chi connectivity index (χ4v) is 5.29. The Morgan fingerprint density at radius 1 is 1.16 bits per heavy atom. The van der Waals surface area contributed by atoms with Crippen molar-refractivity contribution in [2.45, 2.75) is 24.1 Å². The van der Waals surface area contributed by atoms with E-state index in [2.05, 4.69) is 20.1 Å². The minimum atomic E-state index is -4.95. The number of rotatable bonds is 5. The Balaban J connectivity index is 1.77. The molecule has 0 bridgehead atoms. The van der Waals surface area contributed by atoms with Crippen molar-refractivity contribution in [3.05, 3.63) is 54.6 Å². The predicted molar refractivity (Wildman–Crippen MR) is 129 cm³/mol. The molecule has 1 aliphatic rings. The molecular weight excluding hydrogens is 487 g/mol. The molecule has 0 saturated carbocycles. The molecule has 2 N–H and O–H groups in total. The normalized spacial score (nSPS) is 20.4. The van der Waals surface area contributed by atoms with Gasteiger partial charge in [-0.1, -0.05) is 30.3 Å². The molecular formula is C25H24F3N7O2. The first kappa shape index (κ1) is 24.6. The largest absolute Gasteiger partial charge is 0.495 e. The predicted octanol–water partition coefficient (Wildman–Crippen LogP) is 3.31. The van der Waals surface area contributed by atoms with Crippen molar-refractivity contribution >= 4 is 16.9 Å². The maximum atomic E-state index is 14.5. The Bertz CT molecular complexity index is 1490. The molecule has 1 saturated heterocycles. The number of halogens is 3. The van der Waals surface area contributed by atoms with Crippen molar-refractivity contribution in [1.29, 1.82) is 0 Å². The molecule has 1 fully saturated rings. The maximum Gasteiger partial charge on any atom is 0.416 e. The van der Waals surface area contributed by atoms with Gasteiger partial charge in [-0.25, -0.2) is 15.0 Å². The van der Waals surface area contributed by atoms with Crippen LogP contribution in [0.3, 0.4) is 0 Å². The van der Waals surface area contributed by atoms with E-state index in [9.17, 15) is 18.0 Å². The first-order chi connectivity index (χ1) is 17.6. The van der Waals surface area contributed by atoms with E-state index in [1.807, 2.05) is 30.3 Å². The molecule has 2 unspecified atom stereocenters. The number of likely N-dealkylation sites (N-methyl/N-ethyl adjacent to an activating group) is 1. The summed E-state index contributed by atoms with van der Waals surface area (Å²) in [5, 5.41) is 4.57. The molecule has 0 spiro atoms. The van der Waals surface area contributed by atoms with Gasteiger partial charge in [-0.05, 0) is 20.0 Å². The first-order valence-electron chi connectivity index (χ1n) is 11.5. The van der Waals surface area contributed by atoms with Crippen LogP contribution < -0.4 is 10.5 Å². The highest BCUT2D eigenvalue weighted by Crippen LogP contribution is 2.52. The monoisotopic (exact) mass is 511 g/mol. The standard InChI is InChI=1S/C25H24F3N7O2/c1-34-10-9-16(24(34,23(29)36)25(26,27)28)21-18(37-3)11-17-22(32-21)20(31-13-30-17)15-12-35(2)33-19(15)14-7-5-4-6-8-14/h4-8,11-13,16H,9-10H2,1-3H3,(H2,29,36). The van der Waals surface area contributed by atoms with Crippen LogP contribution in [0, 0.1) is 0 Å². The van der Waals surface area contributed by atoms with Gasteiger partial charge in [0.25, 0.3) is 0 Å². The number of carbonyl (C=O) groups excluding carboxylic acids is 1. The smallest absolute Gasteiger partial charge is 0.416 e. The SMILES string of the molecule is COc1cc2ncnc(-c3cn(C)nc3-c3ccccc3)c2nc1C1CCN(C)C1(C(N)=O)C(F)(F)F. The molecule has 5 rings (SSSR count). The number of likely N-dealkylation sites (tertiary alicyclic amines) is 1. The molecule has 1 aliphatic heterocycles. The number of hydrogen-bond donors (Lipinski definition) is 1. The highest BCUT2D eigenvalue weighted by Gasteiger charge is 2.69. The fraction of sp³-hybridized carbons (Fsp3) is 0.320. The van der Waals surface area contributed by atoms with Crippen molar-refractivity contribution in [2.24, 2.45) is 12.8 Å². The number of pyridine rings is 1. The number of carbonyl (C=O) groups is 1. The Kier molecular flexibility index (Phi) is 5.86. The van der Waals surface area contributed by atoms with Crippen LogP contribution in [0.25, 0.3) is 33.5 Å². The second kappa shape index (κ2) is 8.80. The van der Waals surface area contributed by atoms with Gasteiger partial charge < -0.3 is 10.5 Å². The highest BCUT2D eigenvalue weighted by molar-refractivity contribution is 5.94. The van der Waals surface area contributed by atoms with Crippen LogP contribution in [0.4, 0.5) is 13.2 Å². The number of nitrogens with zero attached hydrogens (tertiary/aromatic N) is 6. The number of ether oxygens (including phenoxy) is 1. The second-order valence-corrected chi connectivity index (χ2v) is 8.99. The Labute approximate surface area is 210 Å². The lowest BCUT2D eigenvalue weighted by molar-refractivity contribution is -0.220. The van der Waals surface area contributed by atoms with Gasteiger partial charge in [0.05, 0.1) is 18.3 Å². The molecule has 1 aromatic carbocycles. The van der Waals surface area contributed by atoms with Gasteiger partial charge in [0.2, 0.25) is 11.4 Å². The van der Waals surface area contributed by atoms with E-state index in [0.717, 1.165) is 10.5 Å². The van der Waals surface area contributed by atoms with Crippen molar-refractivity contribution < 1.29 is 22.7 Å². The van der Waals surface area contributed by atoms with Gasteiger partial charge in [-0.2, -0.15) is 18.3 Å². The second-order valence-electron chi connectivity index (χ2n) is 8.99. The van der Waals surface area contributed by atoms with E-state index in [0.29, 0.717) is 22.5 Å². The number of benzene rings is 1. The molecule has 0 radical (unpaired) electrons. The van der Waals surface area contributed by atoms with Gasteiger partial charge in [0, 0.05) is 36.4 Å². The summed E-state index contributed by atoms with van der Waals surface area (Å²) in [6, 6.07) is 11.0. The number of alkyl halides is 3. The average Bonchev–Trinajstić information content (AvgIpc) is 3.43. The molecule has 3 aromatic heterocycles. The number of aromatic nitrogens is 5. The number of fused-ring (bicyclic) bond motifs is 1. The Morgan fingerprint density at radius 2 is 1.89 bits per heavy atom. The molecule has 192 valence electrons. The maximum absolute atomic E-state index is 14.5. The molecule has 4 aromatic rings. The van der Waals surface area contributed by atoms with Crippen LogP contribution in [0.15, 0.2) is 48.9 Å². The van der Waals surface area contributed by atoms with Crippen LogP contribution >= 0.6 is 0 Å². The van der Waals surface area contributed by atoms with E-state index < -0.39 is 23.5 Å². The number of aryl methyl sites for hydroxylation is 1. The summed E-state index contributed by atoms with van der Waals surface area (Å²) < 4.78 is 50.7. The Morgan fingerprint density at radius 3 is 2.54 bits per heavy atom. The lowest BCUT2D eigenvalue weighted by atomic mass is 9.80. The van der Waals surface area contributed by atoms with Crippen LogP contribution in [0.5, 0.6) is 5.75 Å². The summed E-state index contributed by atoms with van der Waals surface area (Å²) in [6.45, 7) is -0.00506. The van der Waals surface area contributed by atoms with Gasteiger partial charge >= 0.3 is 6.18 Å². The third-order valence-corrected chi connectivity index (χ3v) is 6.95. The summed E-state index contributed by atoms with van der Waals surface area (Å²) in [7, 11) is 4.34. The van der Waals surface area contributed by atoms with Gasteiger partial charge in [-0.3, -0.25) is 14.4 Å². The zero-order valence-electron chi connectivity index (χ0n) is 20.3. The number of primary amides is 1. The minimum absolute atomic E-state index is 0.000993. The molecule has 2 atom stereocenters. The van der Waals surface area contributed by atoms with Crippen molar-refractivity contribution in [2.75, 3.05) is 20.7 Å². The zero-order valence-corrected chi connectivity index (χ0v) is 20.3. The van der Waals surface area contributed by atoms with Crippen molar-refractivity contribution in [3.8, 4) is 28.3 Å². The lowest BCUT2D eigenvalue weighted by Crippen LogP contribution is -2.64. The summed E-state index contributed by atoms with van der Waals surface area (Å²) in [6.07, 6.45) is -1.83. The van der Waals surface area contributed by atoms with Crippen molar-refractivity contribution in [1.82, 2.24) is 29.6 Å². The lowest BCUT2D eigenvalue weighted by Gasteiger charge is -2.39. The van der Waals surface area contributed by atoms with E-state index in [-0.39, 0.29) is 29.9 Å². The average molecular weight is 512 g/mol. The van der Waals surface area contributed by atoms with Crippen molar-refractivity contribution in [3.63, 3.8) is 0 Å². The molecule has 9 nitrogen and oxygen atoms in total. The van der Waals surface area contributed by atoms with Crippen LogP contribution in [0.1, 0.15) is 18.0 Å². The zero-order chi connectivity index (χ0) is 26.5. The molecule has 1 amide bonds. The fourth-order valence-electron chi connectivity index (χ4n) is 5.29. The quantitative estimate of drug-likeness (QED) is 0.438. The number of hydrogen-bond acceptors (Lipinski definition) is 7. The van der Waals surface area contributed by atoms with Crippen LogP contribution in [-0.2, 0) is 11.8 Å². The first-order valence-corrected chi connectivity index (χ1v) is 11.5. The van der Waals surface area contributed by atoms with E-state index in [4.69, 9.17) is 10.5 Å². The summed E-state index contributed by atoms with van der Waals surface area (Å²) in [5.41, 5.74) is 5.59.